The summed E-state index contributed by atoms with van der Waals surface area (Å²) in [5.41, 5.74) is 9.38. The second kappa shape index (κ2) is 4.41. The predicted octanol–water partition coefficient (Wildman–Crippen LogP) is 2.65. The van der Waals surface area contributed by atoms with Crippen molar-refractivity contribution in [3.63, 3.8) is 0 Å². The first-order chi connectivity index (χ1) is 7.70. The lowest BCUT2D eigenvalue weighted by Crippen LogP contribution is -1.99. The molecular weight excluding hydrogens is 203 g/mol. The maximum absolute atomic E-state index is 12.8. The number of halogens is 1. The van der Waals surface area contributed by atoms with Crippen molar-refractivity contribution in [2.45, 2.75) is 13.5 Å². The first-order valence-corrected chi connectivity index (χ1v) is 5.12. The molecule has 82 valence electrons. The number of nitrogens with zero attached hydrogens (tertiary/aromatic N) is 1. The summed E-state index contributed by atoms with van der Waals surface area (Å²) in [6.45, 7) is 2.46. The zero-order chi connectivity index (χ0) is 11.5. The number of benzene rings is 1. The summed E-state index contributed by atoms with van der Waals surface area (Å²) in [5, 5.41) is 0. The molecule has 2 N–H and O–H groups in total. The molecule has 0 aliphatic rings. The molecule has 0 saturated carbocycles. The first-order valence-electron chi connectivity index (χ1n) is 5.12. The summed E-state index contributed by atoms with van der Waals surface area (Å²) >= 11 is 0. The van der Waals surface area contributed by atoms with E-state index in [0.29, 0.717) is 6.54 Å². The average Bonchev–Trinajstić information content (AvgIpc) is 2.30. The summed E-state index contributed by atoms with van der Waals surface area (Å²) in [7, 11) is 0. The van der Waals surface area contributed by atoms with Crippen molar-refractivity contribution in [3.8, 4) is 11.3 Å². The predicted molar refractivity (Wildman–Crippen MR) is 62.3 cm³/mol. The van der Waals surface area contributed by atoms with Gasteiger partial charge in [0.15, 0.2) is 0 Å². The normalized spacial score (nSPS) is 10.4. The Balaban J connectivity index is 2.44. The molecule has 1 aromatic heterocycles. The highest BCUT2D eigenvalue weighted by Crippen LogP contribution is 2.21. The second-order valence-electron chi connectivity index (χ2n) is 3.72. The van der Waals surface area contributed by atoms with Crippen molar-refractivity contribution >= 4 is 0 Å². The molecule has 0 atom stereocenters. The molecule has 0 amide bonds. The maximum atomic E-state index is 12.8. The van der Waals surface area contributed by atoms with Crippen molar-refractivity contribution in [2.24, 2.45) is 5.73 Å². The van der Waals surface area contributed by atoms with Crippen LogP contribution in [0.1, 0.15) is 11.1 Å². The minimum absolute atomic E-state index is 0.236. The van der Waals surface area contributed by atoms with E-state index in [1.165, 1.54) is 12.1 Å². The molecule has 1 aromatic carbocycles. The molecular formula is C13H13FN2. The number of pyridine rings is 1. The molecule has 0 saturated heterocycles. The van der Waals surface area contributed by atoms with Crippen LogP contribution < -0.4 is 5.73 Å². The zero-order valence-electron chi connectivity index (χ0n) is 9.07. The van der Waals surface area contributed by atoms with Crippen LogP contribution in [0.4, 0.5) is 4.39 Å². The van der Waals surface area contributed by atoms with Gasteiger partial charge in [-0.15, -0.1) is 0 Å². The standard InChI is InChI=1S/C13H13FN2/c1-9-6-10(7-15)8-16-13(9)11-2-4-12(14)5-3-11/h2-6,8H,7,15H2,1H3. The van der Waals surface area contributed by atoms with Gasteiger partial charge in [-0.2, -0.15) is 0 Å². The molecule has 3 heteroatoms. The highest BCUT2D eigenvalue weighted by Gasteiger charge is 2.04. The lowest BCUT2D eigenvalue weighted by Gasteiger charge is -2.06. The third kappa shape index (κ3) is 2.09. The van der Waals surface area contributed by atoms with E-state index in [9.17, 15) is 4.39 Å². The second-order valence-corrected chi connectivity index (χ2v) is 3.72. The third-order valence-corrected chi connectivity index (χ3v) is 2.49. The molecule has 0 bridgehead atoms. The van der Waals surface area contributed by atoms with E-state index in [1.807, 2.05) is 13.0 Å². The third-order valence-electron chi connectivity index (χ3n) is 2.49. The van der Waals surface area contributed by atoms with Gasteiger partial charge in [0, 0.05) is 18.3 Å². The Labute approximate surface area is 93.9 Å². The van der Waals surface area contributed by atoms with Crippen LogP contribution in [0.5, 0.6) is 0 Å². The Morgan fingerprint density at radius 3 is 2.50 bits per heavy atom. The zero-order valence-corrected chi connectivity index (χ0v) is 9.07. The molecule has 2 nitrogen and oxygen atoms in total. The Hall–Kier alpha value is -1.74. The highest BCUT2D eigenvalue weighted by molar-refractivity contribution is 5.62. The Morgan fingerprint density at radius 2 is 1.94 bits per heavy atom. The van der Waals surface area contributed by atoms with Crippen LogP contribution in [0.15, 0.2) is 36.5 Å². The topological polar surface area (TPSA) is 38.9 Å². The van der Waals surface area contributed by atoms with Crippen molar-refractivity contribution < 1.29 is 4.39 Å². The van der Waals surface area contributed by atoms with E-state index in [2.05, 4.69) is 4.98 Å². The molecule has 0 aliphatic heterocycles. The van der Waals surface area contributed by atoms with E-state index in [0.717, 1.165) is 22.4 Å². The number of aromatic nitrogens is 1. The number of rotatable bonds is 2. The van der Waals surface area contributed by atoms with Crippen LogP contribution in [0, 0.1) is 12.7 Å². The number of aryl methyl sites for hydroxylation is 1. The molecule has 0 radical (unpaired) electrons. The smallest absolute Gasteiger partial charge is 0.123 e. The Bertz CT molecular complexity index is 492. The lowest BCUT2D eigenvalue weighted by molar-refractivity contribution is 0.628. The van der Waals surface area contributed by atoms with Crippen molar-refractivity contribution in [1.82, 2.24) is 4.98 Å². The van der Waals surface area contributed by atoms with Gasteiger partial charge in [0.05, 0.1) is 5.69 Å². The minimum Gasteiger partial charge on any atom is -0.326 e. The van der Waals surface area contributed by atoms with E-state index >= 15 is 0 Å². The van der Waals surface area contributed by atoms with Crippen molar-refractivity contribution in [2.75, 3.05) is 0 Å². The molecule has 0 unspecified atom stereocenters. The SMILES string of the molecule is Cc1cc(CN)cnc1-c1ccc(F)cc1. The van der Waals surface area contributed by atoms with Gasteiger partial charge >= 0.3 is 0 Å². The van der Waals surface area contributed by atoms with E-state index in [1.54, 1.807) is 18.3 Å². The fraction of sp³-hybridized carbons (Fsp3) is 0.154. The molecule has 0 fully saturated rings. The van der Waals surface area contributed by atoms with Crippen molar-refractivity contribution in [3.05, 3.63) is 53.5 Å². The van der Waals surface area contributed by atoms with Gasteiger partial charge in [-0.05, 0) is 42.3 Å². The molecule has 16 heavy (non-hydrogen) atoms. The van der Waals surface area contributed by atoms with Gasteiger partial charge in [-0.1, -0.05) is 6.07 Å². The summed E-state index contributed by atoms with van der Waals surface area (Å²) in [6, 6.07) is 8.34. The largest absolute Gasteiger partial charge is 0.326 e. The average molecular weight is 216 g/mol. The minimum atomic E-state index is -0.236. The number of hydrogen-bond donors (Lipinski definition) is 1. The Morgan fingerprint density at radius 1 is 1.25 bits per heavy atom. The molecule has 2 rings (SSSR count). The maximum Gasteiger partial charge on any atom is 0.123 e. The van der Waals surface area contributed by atoms with Gasteiger partial charge in [0.2, 0.25) is 0 Å². The Kier molecular flexibility index (Phi) is 2.97. The first kappa shape index (κ1) is 10.8. The van der Waals surface area contributed by atoms with Gasteiger partial charge in [0.25, 0.3) is 0 Å². The lowest BCUT2D eigenvalue weighted by atomic mass is 10.1. The number of hydrogen-bond acceptors (Lipinski definition) is 2. The van der Waals surface area contributed by atoms with Gasteiger partial charge in [-0.25, -0.2) is 4.39 Å². The van der Waals surface area contributed by atoms with E-state index in [-0.39, 0.29) is 5.82 Å². The van der Waals surface area contributed by atoms with Crippen LogP contribution in [0.3, 0.4) is 0 Å². The van der Waals surface area contributed by atoms with Crippen LogP contribution in [-0.4, -0.2) is 4.98 Å². The van der Waals surface area contributed by atoms with Crippen LogP contribution in [-0.2, 0) is 6.54 Å². The summed E-state index contributed by atoms with van der Waals surface area (Å²) in [5.74, 6) is -0.236. The molecule has 1 heterocycles. The van der Waals surface area contributed by atoms with E-state index < -0.39 is 0 Å². The van der Waals surface area contributed by atoms with Crippen LogP contribution in [0.2, 0.25) is 0 Å². The summed E-state index contributed by atoms with van der Waals surface area (Å²) in [6.07, 6.45) is 1.76. The number of nitrogens with two attached hydrogens (primary N) is 1. The quantitative estimate of drug-likeness (QED) is 0.838. The fourth-order valence-corrected chi connectivity index (χ4v) is 1.65. The summed E-state index contributed by atoms with van der Waals surface area (Å²) in [4.78, 5) is 4.35. The van der Waals surface area contributed by atoms with Crippen LogP contribution >= 0.6 is 0 Å². The van der Waals surface area contributed by atoms with E-state index in [4.69, 9.17) is 5.73 Å². The fourth-order valence-electron chi connectivity index (χ4n) is 1.65. The molecule has 2 aromatic rings. The van der Waals surface area contributed by atoms with Gasteiger partial charge in [-0.3, -0.25) is 4.98 Å². The van der Waals surface area contributed by atoms with Gasteiger partial charge < -0.3 is 5.73 Å². The van der Waals surface area contributed by atoms with Gasteiger partial charge in [0.1, 0.15) is 5.82 Å². The van der Waals surface area contributed by atoms with Crippen molar-refractivity contribution in [1.29, 1.82) is 0 Å². The summed E-state index contributed by atoms with van der Waals surface area (Å²) < 4.78 is 12.8. The highest BCUT2D eigenvalue weighted by atomic mass is 19.1. The monoisotopic (exact) mass is 216 g/mol. The molecule has 0 aliphatic carbocycles. The molecule has 0 spiro atoms. The van der Waals surface area contributed by atoms with Crippen LogP contribution in [0.25, 0.3) is 11.3 Å².